The van der Waals surface area contributed by atoms with Crippen molar-refractivity contribution in [2.45, 2.75) is 38.0 Å². The van der Waals surface area contributed by atoms with Crippen LogP contribution in [0.4, 0.5) is 0 Å². The van der Waals surface area contributed by atoms with Crippen molar-refractivity contribution in [3.63, 3.8) is 0 Å². The van der Waals surface area contributed by atoms with Crippen LogP contribution in [0.25, 0.3) is 0 Å². The Labute approximate surface area is 194 Å². The van der Waals surface area contributed by atoms with Gasteiger partial charge in [0, 0.05) is 19.5 Å². The molecule has 4 rings (SSSR count). The number of rotatable bonds is 8. The third kappa shape index (κ3) is 5.99. The summed E-state index contributed by atoms with van der Waals surface area (Å²) in [5.74, 6) is 0.394. The van der Waals surface area contributed by atoms with Crippen molar-refractivity contribution < 1.29 is 14.3 Å². The van der Waals surface area contributed by atoms with Gasteiger partial charge >= 0.3 is 0 Å². The van der Waals surface area contributed by atoms with Crippen LogP contribution in [0.1, 0.15) is 22.3 Å². The Hall–Kier alpha value is -3.64. The molecule has 3 N–H and O–H groups in total. The zero-order valence-electron chi connectivity index (χ0n) is 18.7. The fraction of sp³-hybridized carbons (Fsp3) is 0.259. The number of fused-ring (bicyclic) bond motifs is 1. The Balaban J connectivity index is 1.42. The first-order valence-electron chi connectivity index (χ1n) is 11.2. The summed E-state index contributed by atoms with van der Waals surface area (Å²) in [4.78, 5) is 26.2. The predicted molar refractivity (Wildman–Crippen MR) is 128 cm³/mol. The summed E-state index contributed by atoms with van der Waals surface area (Å²) < 4.78 is 5.18. The van der Waals surface area contributed by atoms with Crippen molar-refractivity contribution in [2.75, 3.05) is 7.11 Å². The molecule has 0 aromatic heterocycles. The molecule has 33 heavy (non-hydrogen) atoms. The van der Waals surface area contributed by atoms with Crippen LogP contribution in [0.5, 0.6) is 5.75 Å². The maximum absolute atomic E-state index is 13.1. The molecule has 3 aromatic carbocycles. The summed E-state index contributed by atoms with van der Waals surface area (Å²) in [6, 6.07) is 24.3. The van der Waals surface area contributed by atoms with Gasteiger partial charge in [0.1, 0.15) is 11.8 Å². The lowest BCUT2D eigenvalue weighted by Gasteiger charge is -2.27. The molecule has 0 saturated heterocycles. The lowest BCUT2D eigenvalue weighted by molar-refractivity contribution is -0.130. The van der Waals surface area contributed by atoms with Gasteiger partial charge in [0.05, 0.1) is 13.2 Å². The topological polar surface area (TPSA) is 79.5 Å². The highest BCUT2D eigenvalue weighted by Crippen LogP contribution is 2.17. The minimum Gasteiger partial charge on any atom is -0.497 e. The van der Waals surface area contributed by atoms with E-state index in [9.17, 15) is 9.59 Å². The van der Waals surface area contributed by atoms with E-state index < -0.39 is 6.04 Å². The Kier molecular flexibility index (Phi) is 7.37. The molecule has 1 heterocycles. The number of carbonyl (C=O) groups is 2. The second kappa shape index (κ2) is 10.8. The molecule has 6 heteroatoms. The fourth-order valence-electron chi connectivity index (χ4n) is 4.03. The van der Waals surface area contributed by atoms with Gasteiger partial charge in [0.15, 0.2) is 0 Å². The van der Waals surface area contributed by atoms with Gasteiger partial charge in [0.25, 0.3) is 0 Å². The third-order valence-electron chi connectivity index (χ3n) is 5.94. The summed E-state index contributed by atoms with van der Waals surface area (Å²) in [6.45, 7) is 1.01. The molecule has 1 aliphatic heterocycles. The van der Waals surface area contributed by atoms with Crippen molar-refractivity contribution in [1.29, 1.82) is 0 Å². The molecule has 2 atom stereocenters. The molecule has 0 aliphatic carbocycles. The van der Waals surface area contributed by atoms with E-state index in [1.54, 1.807) is 7.11 Å². The van der Waals surface area contributed by atoms with E-state index in [1.165, 1.54) is 11.1 Å². The van der Waals surface area contributed by atoms with Gasteiger partial charge in [-0.2, -0.15) is 0 Å². The lowest BCUT2D eigenvalue weighted by Crippen LogP contribution is -2.54. The number of nitrogens with one attached hydrogen (secondary N) is 3. The maximum Gasteiger partial charge on any atom is 0.243 e. The summed E-state index contributed by atoms with van der Waals surface area (Å²) >= 11 is 0. The average molecular weight is 444 g/mol. The molecular formula is C27H29N3O3. The van der Waals surface area contributed by atoms with E-state index in [0.29, 0.717) is 25.9 Å². The van der Waals surface area contributed by atoms with Crippen molar-refractivity contribution in [3.8, 4) is 5.75 Å². The van der Waals surface area contributed by atoms with Gasteiger partial charge in [-0.15, -0.1) is 0 Å². The summed E-state index contributed by atoms with van der Waals surface area (Å²) in [7, 11) is 1.62. The molecule has 3 aromatic rings. The zero-order valence-corrected chi connectivity index (χ0v) is 18.7. The molecule has 0 spiro atoms. The largest absolute Gasteiger partial charge is 0.497 e. The van der Waals surface area contributed by atoms with Crippen LogP contribution in [0.15, 0.2) is 78.9 Å². The van der Waals surface area contributed by atoms with E-state index in [-0.39, 0.29) is 17.9 Å². The Morgan fingerprint density at radius 3 is 2.36 bits per heavy atom. The molecule has 1 aliphatic rings. The zero-order chi connectivity index (χ0) is 23.0. The number of hydrogen-bond acceptors (Lipinski definition) is 4. The molecule has 0 fully saturated rings. The first kappa shape index (κ1) is 22.6. The molecule has 0 bridgehead atoms. The van der Waals surface area contributed by atoms with Gasteiger partial charge in [-0.1, -0.05) is 66.7 Å². The maximum atomic E-state index is 13.1. The molecule has 2 amide bonds. The van der Waals surface area contributed by atoms with E-state index in [0.717, 1.165) is 16.9 Å². The van der Waals surface area contributed by atoms with Gasteiger partial charge in [-0.05, 0) is 40.8 Å². The lowest BCUT2D eigenvalue weighted by atomic mass is 9.95. The predicted octanol–water partition coefficient (Wildman–Crippen LogP) is 2.75. The highest BCUT2D eigenvalue weighted by Gasteiger charge is 2.28. The molecule has 0 radical (unpaired) electrons. The normalized spacial score (nSPS) is 15.7. The quantitative estimate of drug-likeness (QED) is 0.500. The highest BCUT2D eigenvalue weighted by atomic mass is 16.5. The van der Waals surface area contributed by atoms with Crippen LogP contribution < -0.4 is 20.7 Å². The number of benzene rings is 3. The van der Waals surface area contributed by atoms with Crippen LogP contribution in [0.2, 0.25) is 0 Å². The number of hydrogen-bond donors (Lipinski definition) is 3. The van der Waals surface area contributed by atoms with Crippen LogP contribution in [0, 0.1) is 0 Å². The van der Waals surface area contributed by atoms with Gasteiger partial charge < -0.3 is 20.7 Å². The summed E-state index contributed by atoms with van der Waals surface area (Å²) in [5, 5.41) is 9.25. The highest BCUT2D eigenvalue weighted by molar-refractivity contribution is 5.90. The van der Waals surface area contributed by atoms with E-state index in [4.69, 9.17) is 4.74 Å². The Morgan fingerprint density at radius 1 is 0.939 bits per heavy atom. The van der Waals surface area contributed by atoms with Crippen LogP contribution in [-0.2, 0) is 35.5 Å². The minimum absolute atomic E-state index is 0.162. The molecule has 170 valence electrons. The van der Waals surface area contributed by atoms with Gasteiger partial charge in [-0.3, -0.25) is 9.59 Å². The summed E-state index contributed by atoms with van der Waals surface area (Å²) in [6.07, 6.45) is 1.03. The Morgan fingerprint density at radius 2 is 1.64 bits per heavy atom. The second-order valence-electron chi connectivity index (χ2n) is 8.22. The summed E-state index contributed by atoms with van der Waals surface area (Å²) in [5.41, 5.74) is 4.32. The monoisotopic (exact) mass is 443 g/mol. The van der Waals surface area contributed by atoms with Gasteiger partial charge in [0.2, 0.25) is 11.8 Å². The first-order chi connectivity index (χ1) is 16.1. The van der Waals surface area contributed by atoms with Crippen LogP contribution >= 0.6 is 0 Å². The average Bonchev–Trinajstić information content (AvgIpc) is 2.87. The Bertz CT molecular complexity index is 1080. The van der Waals surface area contributed by atoms with E-state index in [2.05, 4.69) is 28.1 Å². The SMILES string of the molecule is COc1ccc(CNC(=O)C(Cc2ccccc2)NC(=O)C2Cc3ccccc3CN2)cc1. The van der Waals surface area contributed by atoms with Crippen LogP contribution in [-0.4, -0.2) is 31.0 Å². The second-order valence-corrected chi connectivity index (χ2v) is 8.22. The smallest absolute Gasteiger partial charge is 0.243 e. The third-order valence-corrected chi connectivity index (χ3v) is 5.94. The molecular weight excluding hydrogens is 414 g/mol. The number of methoxy groups -OCH3 is 1. The molecule has 6 nitrogen and oxygen atoms in total. The molecule has 0 saturated carbocycles. The first-order valence-corrected chi connectivity index (χ1v) is 11.2. The fourth-order valence-corrected chi connectivity index (χ4v) is 4.03. The standard InChI is InChI=1S/C27H29N3O3/c1-33-23-13-11-20(12-14-23)17-29-26(31)25(15-19-7-3-2-4-8-19)30-27(32)24-16-21-9-5-6-10-22(21)18-28-24/h2-14,24-25,28H,15-18H2,1H3,(H,29,31)(H,30,32). The van der Waals surface area contributed by atoms with Crippen molar-refractivity contribution >= 4 is 11.8 Å². The van der Waals surface area contributed by atoms with Gasteiger partial charge in [-0.25, -0.2) is 0 Å². The van der Waals surface area contributed by atoms with Crippen molar-refractivity contribution in [3.05, 3.63) is 101 Å². The van der Waals surface area contributed by atoms with Crippen LogP contribution in [0.3, 0.4) is 0 Å². The van der Waals surface area contributed by atoms with Crippen molar-refractivity contribution in [1.82, 2.24) is 16.0 Å². The van der Waals surface area contributed by atoms with Crippen molar-refractivity contribution in [2.24, 2.45) is 0 Å². The minimum atomic E-state index is -0.669. The van der Waals surface area contributed by atoms with E-state index >= 15 is 0 Å². The van der Waals surface area contributed by atoms with E-state index in [1.807, 2.05) is 66.7 Å². The number of carbonyl (C=O) groups excluding carboxylic acids is 2. The number of ether oxygens (including phenoxy) is 1. The molecule has 2 unspecified atom stereocenters. The number of amides is 2.